The van der Waals surface area contributed by atoms with Gasteiger partial charge in [-0.05, 0) is 81.8 Å². The molecule has 1 heterocycles. The largest absolute Gasteiger partial charge is 0.497 e. The number of aryl methyl sites for hydroxylation is 1. The van der Waals surface area contributed by atoms with Gasteiger partial charge in [0.15, 0.2) is 0 Å². The minimum atomic E-state index is -0.407. The quantitative estimate of drug-likeness (QED) is 0.222. The van der Waals surface area contributed by atoms with E-state index in [0.717, 1.165) is 28.3 Å². The molecule has 0 bridgehead atoms. The second-order valence-electron chi connectivity index (χ2n) is 9.28. The van der Waals surface area contributed by atoms with Crippen molar-refractivity contribution in [3.63, 3.8) is 0 Å². The maximum atomic E-state index is 13.0. The number of aromatic nitrogens is 1. The number of benzene rings is 3. The molecule has 1 aromatic heterocycles. The van der Waals surface area contributed by atoms with Crippen LogP contribution in [0.3, 0.4) is 0 Å². The average molecular weight is 515 g/mol. The van der Waals surface area contributed by atoms with Crippen LogP contribution in [0.2, 0.25) is 0 Å². The number of nitrogens with zero attached hydrogens (tertiary/aromatic N) is 2. The zero-order chi connectivity index (χ0) is 27.1. The van der Waals surface area contributed by atoms with Crippen molar-refractivity contribution in [2.75, 3.05) is 13.7 Å². The highest BCUT2D eigenvalue weighted by molar-refractivity contribution is 5.71. The van der Waals surface area contributed by atoms with E-state index in [1.54, 1.807) is 36.3 Å². The highest BCUT2D eigenvalue weighted by atomic mass is 16.6. The average Bonchev–Trinajstić information content (AvgIpc) is 3.30. The highest BCUT2D eigenvalue weighted by Crippen LogP contribution is 2.27. The van der Waals surface area contributed by atoms with E-state index < -0.39 is 6.09 Å². The molecule has 198 valence electrons. The van der Waals surface area contributed by atoms with Crippen LogP contribution in [0.25, 0.3) is 11.5 Å². The third-order valence-electron chi connectivity index (χ3n) is 6.33. The standard InChI is InChI=1S/C31H34N2O5/c1-21(2)33(31(34)38-28-17-15-26(35-5)16-18-28)22(3)24-11-13-27(14-12-24)36-20-19-29-23(4)37-30(32-29)25-9-7-6-8-10-25/h6-18,21-22H,19-20H2,1-5H3/t22-/m1/s1. The lowest BCUT2D eigenvalue weighted by Crippen LogP contribution is -2.40. The van der Waals surface area contributed by atoms with Crippen molar-refractivity contribution in [3.05, 3.63) is 95.9 Å². The summed E-state index contributed by atoms with van der Waals surface area (Å²) in [6.07, 6.45) is 0.231. The van der Waals surface area contributed by atoms with E-state index in [1.807, 2.05) is 82.3 Å². The minimum Gasteiger partial charge on any atom is -0.497 e. The summed E-state index contributed by atoms with van der Waals surface area (Å²) in [5.41, 5.74) is 2.82. The van der Waals surface area contributed by atoms with Crippen LogP contribution in [-0.4, -0.2) is 35.7 Å². The fraction of sp³-hybridized carbons (Fsp3) is 0.290. The number of carbonyl (C=O) groups is 1. The molecule has 0 aliphatic heterocycles. The smallest absolute Gasteiger partial charge is 0.415 e. The first-order valence-corrected chi connectivity index (χ1v) is 12.7. The summed E-state index contributed by atoms with van der Waals surface area (Å²) in [6, 6.07) is 24.4. The highest BCUT2D eigenvalue weighted by Gasteiger charge is 2.26. The van der Waals surface area contributed by atoms with Crippen molar-refractivity contribution in [1.82, 2.24) is 9.88 Å². The molecule has 0 saturated carbocycles. The fourth-order valence-electron chi connectivity index (χ4n) is 4.25. The summed E-state index contributed by atoms with van der Waals surface area (Å²) < 4.78 is 22.6. The lowest BCUT2D eigenvalue weighted by Gasteiger charge is -2.32. The Hall–Kier alpha value is -4.26. The normalized spacial score (nSPS) is 11.7. The van der Waals surface area contributed by atoms with Crippen LogP contribution in [0.5, 0.6) is 17.2 Å². The first-order valence-electron chi connectivity index (χ1n) is 12.7. The summed E-state index contributed by atoms with van der Waals surface area (Å²) in [4.78, 5) is 19.4. The maximum Gasteiger partial charge on any atom is 0.415 e. The fourth-order valence-corrected chi connectivity index (χ4v) is 4.25. The number of carbonyl (C=O) groups excluding carboxylic acids is 1. The van der Waals surface area contributed by atoms with Gasteiger partial charge in [-0.2, -0.15) is 0 Å². The van der Waals surface area contributed by atoms with E-state index in [1.165, 1.54) is 0 Å². The second kappa shape index (κ2) is 12.3. The molecule has 4 aromatic rings. The zero-order valence-electron chi connectivity index (χ0n) is 22.5. The van der Waals surface area contributed by atoms with E-state index in [0.29, 0.717) is 30.4 Å². The predicted octanol–water partition coefficient (Wildman–Crippen LogP) is 7.25. The van der Waals surface area contributed by atoms with Crippen molar-refractivity contribution in [1.29, 1.82) is 0 Å². The zero-order valence-corrected chi connectivity index (χ0v) is 22.5. The Morgan fingerprint density at radius 2 is 1.53 bits per heavy atom. The number of hydrogen-bond acceptors (Lipinski definition) is 6. The van der Waals surface area contributed by atoms with E-state index in [-0.39, 0.29) is 12.1 Å². The van der Waals surface area contributed by atoms with Gasteiger partial charge in [0, 0.05) is 18.0 Å². The Labute approximate surface area is 224 Å². The number of methoxy groups -OCH3 is 1. The van der Waals surface area contributed by atoms with Crippen molar-refractivity contribution in [3.8, 4) is 28.7 Å². The minimum absolute atomic E-state index is 0.0573. The topological polar surface area (TPSA) is 74.0 Å². The summed E-state index contributed by atoms with van der Waals surface area (Å²) in [6.45, 7) is 8.33. The Morgan fingerprint density at radius 1 is 0.895 bits per heavy atom. The Bertz CT molecular complexity index is 1310. The molecular weight excluding hydrogens is 480 g/mol. The van der Waals surface area contributed by atoms with Gasteiger partial charge in [0.25, 0.3) is 0 Å². The van der Waals surface area contributed by atoms with Gasteiger partial charge >= 0.3 is 6.09 Å². The van der Waals surface area contributed by atoms with Crippen LogP contribution in [0, 0.1) is 6.92 Å². The third-order valence-corrected chi connectivity index (χ3v) is 6.33. The maximum absolute atomic E-state index is 13.0. The van der Waals surface area contributed by atoms with Crippen molar-refractivity contribution in [2.45, 2.75) is 46.2 Å². The monoisotopic (exact) mass is 514 g/mol. The Kier molecular flexibility index (Phi) is 8.69. The summed E-state index contributed by atoms with van der Waals surface area (Å²) in [7, 11) is 1.60. The second-order valence-corrected chi connectivity index (χ2v) is 9.28. The predicted molar refractivity (Wildman–Crippen MR) is 147 cm³/mol. The molecule has 0 unspecified atom stereocenters. The molecule has 0 aliphatic carbocycles. The van der Waals surface area contributed by atoms with Gasteiger partial charge in [0.2, 0.25) is 5.89 Å². The molecule has 0 aliphatic rings. The number of hydrogen-bond donors (Lipinski definition) is 0. The SMILES string of the molecule is COc1ccc(OC(=O)N(C(C)C)[C@H](C)c2ccc(OCCc3nc(-c4ccccc4)oc3C)cc2)cc1. The molecule has 3 aromatic carbocycles. The summed E-state index contributed by atoms with van der Waals surface area (Å²) >= 11 is 0. The number of amides is 1. The van der Waals surface area contributed by atoms with Crippen LogP contribution in [0.1, 0.15) is 43.8 Å². The van der Waals surface area contributed by atoms with Gasteiger partial charge in [-0.1, -0.05) is 30.3 Å². The van der Waals surface area contributed by atoms with Crippen molar-refractivity contribution < 1.29 is 23.4 Å². The Balaban J connectivity index is 1.34. The van der Waals surface area contributed by atoms with Gasteiger partial charge < -0.3 is 18.6 Å². The van der Waals surface area contributed by atoms with Gasteiger partial charge in [0.05, 0.1) is 25.5 Å². The summed E-state index contributed by atoms with van der Waals surface area (Å²) in [5, 5.41) is 0. The lowest BCUT2D eigenvalue weighted by atomic mass is 10.1. The molecule has 0 N–H and O–H groups in total. The third kappa shape index (κ3) is 6.54. The summed E-state index contributed by atoms with van der Waals surface area (Å²) in [5.74, 6) is 3.34. The molecule has 4 rings (SSSR count). The van der Waals surface area contributed by atoms with Crippen LogP contribution in [0.15, 0.2) is 83.3 Å². The van der Waals surface area contributed by atoms with Crippen LogP contribution >= 0.6 is 0 Å². The Morgan fingerprint density at radius 3 is 2.16 bits per heavy atom. The molecule has 0 saturated heterocycles. The number of rotatable bonds is 10. The molecule has 1 atom stereocenters. The van der Waals surface area contributed by atoms with E-state index in [2.05, 4.69) is 4.98 Å². The molecule has 7 nitrogen and oxygen atoms in total. The van der Waals surface area contributed by atoms with Crippen LogP contribution in [-0.2, 0) is 6.42 Å². The van der Waals surface area contributed by atoms with E-state index in [4.69, 9.17) is 18.6 Å². The molecule has 7 heteroatoms. The molecule has 0 spiro atoms. The van der Waals surface area contributed by atoms with E-state index in [9.17, 15) is 4.79 Å². The van der Waals surface area contributed by atoms with Gasteiger partial charge in [-0.3, -0.25) is 4.90 Å². The van der Waals surface area contributed by atoms with Gasteiger partial charge in [-0.25, -0.2) is 9.78 Å². The van der Waals surface area contributed by atoms with E-state index >= 15 is 0 Å². The first kappa shape index (κ1) is 26.8. The van der Waals surface area contributed by atoms with Gasteiger partial charge in [0.1, 0.15) is 23.0 Å². The number of oxazole rings is 1. The number of ether oxygens (including phenoxy) is 3. The molecule has 0 fully saturated rings. The van der Waals surface area contributed by atoms with Gasteiger partial charge in [-0.15, -0.1) is 0 Å². The molecule has 1 amide bonds. The molecule has 0 radical (unpaired) electrons. The van der Waals surface area contributed by atoms with Crippen molar-refractivity contribution in [2.24, 2.45) is 0 Å². The first-order chi connectivity index (χ1) is 18.4. The van der Waals surface area contributed by atoms with Crippen LogP contribution in [0.4, 0.5) is 4.79 Å². The molecule has 38 heavy (non-hydrogen) atoms. The van der Waals surface area contributed by atoms with Crippen LogP contribution < -0.4 is 14.2 Å². The van der Waals surface area contributed by atoms with Crippen molar-refractivity contribution >= 4 is 6.09 Å². The molecular formula is C31H34N2O5. The lowest BCUT2D eigenvalue weighted by molar-refractivity contribution is 0.118.